The van der Waals surface area contributed by atoms with Crippen LogP contribution in [0.25, 0.3) is 10.8 Å². The summed E-state index contributed by atoms with van der Waals surface area (Å²) < 4.78 is 39.5. The molecule has 4 aliphatic rings. The molecule has 14 nitrogen and oxygen atoms in total. The maximum Gasteiger partial charge on any atom is 0.405 e. The van der Waals surface area contributed by atoms with Crippen molar-refractivity contribution in [2.45, 2.75) is 87.8 Å². The quantitative estimate of drug-likeness (QED) is 0.313. The molecule has 3 fully saturated rings. The van der Waals surface area contributed by atoms with Gasteiger partial charge in [-0.3, -0.25) is 19.1 Å². The van der Waals surface area contributed by atoms with Crippen molar-refractivity contribution in [3.05, 3.63) is 42.5 Å². The molecule has 49 heavy (non-hydrogen) atoms. The van der Waals surface area contributed by atoms with Gasteiger partial charge in [-0.1, -0.05) is 44.2 Å². The number of amides is 4. The monoisotopic (exact) mass is 697 g/mol. The van der Waals surface area contributed by atoms with E-state index >= 15 is 0 Å². The van der Waals surface area contributed by atoms with Gasteiger partial charge in [-0.25, -0.2) is 13.2 Å². The lowest BCUT2D eigenvalue weighted by molar-refractivity contribution is -0.142. The molecule has 4 N–H and O–H groups in total. The maximum absolute atomic E-state index is 14.3. The average molecular weight is 698 g/mol. The lowest BCUT2D eigenvalue weighted by atomic mass is 9.88. The van der Waals surface area contributed by atoms with Crippen LogP contribution in [0.2, 0.25) is 0 Å². The molecule has 0 bridgehead atoms. The van der Waals surface area contributed by atoms with E-state index in [0.717, 1.165) is 11.8 Å². The summed E-state index contributed by atoms with van der Waals surface area (Å²) in [5.74, 6) is -2.23. The standard InChI is InChI=1S/C34H43N5O9S/c1-19-8-4-6-10-22-17-34(22,32(42)38-49(45,46)24-12-13-24)37-29(40)26-16-23(18-39(26)31(41)28(20(2)14-19)36-33(43)44)48-30-25-11-7-5-9-21(25)15-27(35-30)47-3/h5-7,9-11,15,19-20,22-24,26,28,36H,4,8,12-14,16-18H2,1-3H3,(H,37,40)(H,38,42)(H,43,44)/t19-,20-,22-,23-,26+,28+,34-/m1/s1. The number of carbonyl (C=O) groups excluding carboxylic acids is 3. The fourth-order valence-electron chi connectivity index (χ4n) is 7.13. The van der Waals surface area contributed by atoms with Crippen LogP contribution in [0.15, 0.2) is 42.5 Å². The number of allylic oxidation sites excluding steroid dienone is 1. The van der Waals surface area contributed by atoms with E-state index in [1.165, 1.54) is 12.0 Å². The summed E-state index contributed by atoms with van der Waals surface area (Å²) in [5, 5.41) is 15.8. The van der Waals surface area contributed by atoms with E-state index in [1.54, 1.807) is 6.07 Å². The summed E-state index contributed by atoms with van der Waals surface area (Å²) in [4.78, 5) is 59.9. The van der Waals surface area contributed by atoms with Gasteiger partial charge in [0.1, 0.15) is 23.7 Å². The van der Waals surface area contributed by atoms with Crippen LogP contribution in [0.3, 0.4) is 0 Å². The molecular weight excluding hydrogens is 654 g/mol. The number of rotatable bonds is 7. The van der Waals surface area contributed by atoms with Crippen LogP contribution >= 0.6 is 0 Å². The van der Waals surface area contributed by atoms with E-state index in [-0.39, 0.29) is 31.2 Å². The molecule has 1 aromatic carbocycles. The number of carbonyl (C=O) groups is 4. The summed E-state index contributed by atoms with van der Waals surface area (Å²) in [6.07, 6.45) is 4.73. The summed E-state index contributed by atoms with van der Waals surface area (Å²) in [6.45, 7) is 3.77. The Kier molecular flexibility index (Phi) is 9.48. The van der Waals surface area contributed by atoms with Crippen molar-refractivity contribution >= 4 is 44.6 Å². The third kappa shape index (κ3) is 7.31. The Hall–Kier alpha value is -4.40. The highest BCUT2D eigenvalue weighted by Crippen LogP contribution is 2.46. The van der Waals surface area contributed by atoms with Crippen LogP contribution in [-0.4, -0.2) is 89.9 Å². The first-order chi connectivity index (χ1) is 23.3. The largest absolute Gasteiger partial charge is 0.481 e. The second-order valence-electron chi connectivity index (χ2n) is 13.9. The van der Waals surface area contributed by atoms with Gasteiger partial charge >= 0.3 is 6.09 Å². The predicted octanol–water partition coefficient (Wildman–Crippen LogP) is 2.72. The lowest BCUT2D eigenvalue weighted by Gasteiger charge is -2.32. The number of fused-ring (bicyclic) bond motifs is 3. The Morgan fingerprint density at radius 3 is 2.59 bits per heavy atom. The predicted molar refractivity (Wildman–Crippen MR) is 178 cm³/mol. The number of sulfonamides is 1. The fraction of sp³-hybridized carbons (Fsp3) is 0.559. The third-order valence-corrected chi connectivity index (χ3v) is 11.9. The van der Waals surface area contributed by atoms with Crippen molar-refractivity contribution in [2.75, 3.05) is 13.7 Å². The van der Waals surface area contributed by atoms with Crippen LogP contribution in [0.1, 0.15) is 58.8 Å². The van der Waals surface area contributed by atoms with Gasteiger partial charge in [-0.2, -0.15) is 4.98 Å². The zero-order valence-corrected chi connectivity index (χ0v) is 28.6. The van der Waals surface area contributed by atoms with Gasteiger partial charge in [0.25, 0.3) is 5.91 Å². The van der Waals surface area contributed by atoms with Crippen LogP contribution in [0.4, 0.5) is 4.79 Å². The van der Waals surface area contributed by atoms with Gasteiger partial charge in [-0.05, 0) is 61.8 Å². The Morgan fingerprint density at radius 2 is 1.88 bits per heavy atom. The Balaban J connectivity index is 1.34. The van der Waals surface area contributed by atoms with Crippen molar-refractivity contribution in [1.29, 1.82) is 0 Å². The molecular formula is C34H43N5O9S. The molecule has 0 radical (unpaired) electrons. The molecule has 15 heteroatoms. The van der Waals surface area contributed by atoms with Gasteiger partial charge < -0.3 is 30.1 Å². The number of methoxy groups -OCH3 is 1. The molecule has 2 aliphatic heterocycles. The van der Waals surface area contributed by atoms with Crippen LogP contribution in [-0.2, 0) is 24.4 Å². The van der Waals surface area contributed by atoms with Crippen molar-refractivity contribution < 1.29 is 42.2 Å². The smallest absolute Gasteiger partial charge is 0.405 e. The minimum atomic E-state index is -3.90. The number of benzene rings is 1. The zero-order chi connectivity index (χ0) is 35.1. The van der Waals surface area contributed by atoms with Gasteiger partial charge in [0, 0.05) is 23.8 Å². The molecule has 6 rings (SSSR count). The highest BCUT2D eigenvalue weighted by atomic mass is 32.2. The molecule has 2 aromatic rings. The number of aromatic nitrogens is 1. The van der Waals surface area contributed by atoms with Crippen molar-refractivity contribution in [3.8, 4) is 11.8 Å². The summed E-state index contributed by atoms with van der Waals surface area (Å²) in [7, 11) is -2.41. The summed E-state index contributed by atoms with van der Waals surface area (Å²) >= 11 is 0. The highest BCUT2D eigenvalue weighted by molar-refractivity contribution is 7.91. The second-order valence-corrected chi connectivity index (χ2v) is 15.8. The van der Waals surface area contributed by atoms with E-state index in [0.29, 0.717) is 36.9 Å². The SMILES string of the molecule is COc1cc2ccccc2c(O[C@@H]2C[C@H]3C(=O)N[C@]4(C(=O)NS(=O)(=O)C5CC5)C[C@H]4C=CCC[C@@H](C)C[C@@H](C)[C@H](NC(=O)O)C(=O)N3C2)n1. The number of hydrogen-bond donors (Lipinski definition) is 4. The number of carboxylic acid groups (broad SMARTS) is 1. The molecule has 1 saturated heterocycles. The third-order valence-electron chi connectivity index (χ3n) is 10.1. The lowest BCUT2D eigenvalue weighted by Crippen LogP contribution is -2.59. The highest BCUT2D eigenvalue weighted by Gasteiger charge is 2.62. The molecule has 2 saturated carbocycles. The Bertz CT molecular complexity index is 1780. The van der Waals surface area contributed by atoms with Crippen LogP contribution in [0.5, 0.6) is 11.8 Å². The molecule has 2 aliphatic carbocycles. The number of pyridine rings is 1. The fourth-order valence-corrected chi connectivity index (χ4v) is 8.49. The molecule has 7 atom stereocenters. The number of nitrogens with one attached hydrogen (secondary N) is 3. The Morgan fingerprint density at radius 1 is 1.12 bits per heavy atom. The van der Waals surface area contributed by atoms with Gasteiger partial charge in [0.05, 0.1) is 18.9 Å². The first-order valence-corrected chi connectivity index (χ1v) is 18.3. The van der Waals surface area contributed by atoms with Crippen molar-refractivity contribution in [3.63, 3.8) is 0 Å². The molecule has 0 spiro atoms. The topological polar surface area (TPSA) is 193 Å². The van der Waals surface area contributed by atoms with Crippen molar-refractivity contribution in [2.24, 2.45) is 17.8 Å². The first kappa shape index (κ1) is 34.5. The Labute approximate surface area is 285 Å². The van der Waals surface area contributed by atoms with Gasteiger partial charge in [0.15, 0.2) is 0 Å². The minimum absolute atomic E-state index is 0.00788. The van der Waals surface area contributed by atoms with Crippen LogP contribution in [0, 0.1) is 17.8 Å². The number of nitrogens with zero attached hydrogens (tertiary/aromatic N) is 2. The molecule has 0 unspecified atom stereocenters. The average Bonchev–Trinajstić information content (AvgIpc) is 3.98. The van der Waals surface area contributed by atoms with E-state index in [9.17, 15) is 32.7 Å². The maximum atomic E-state index is 14.3. The molecule has 3 heterocycles. The van der Waals surface area contributed by atoms with E-state index in [4.69, 9.17) is 9.47 Å². The first-order valence-electron chi connectivity index (χ1n) is 16.8. The van der Waals surface area contributed by atoms with E-state index in [1.807, 2.05) is 50.3 Å². The molecule has 4 amide bonds. The van der Waals surface area contributed by atoms with E-state index in [2.05, 4.69) is 20.3 Å². The summed E-state index contributed by atoms with van der Waals surface area (Å²) in [6, 6.07) is 6.85. The van der Waals surface area contributed by atoms with Crippen LogP contribution < -0.4 is 24.8 Å². The normalized spacial score (nSPS) is 30.6. The number of ether oxygens (including phenoxy) is 2. The molecule has 1 aromatic heterocycles. The van der Waals surface area contributed by atoms with Crippen molar-refractivity contribution in [1.82, 2.24) is 25.2 Å². The second kappa shape index (κ2) is 13.5. The molecule has 264 valence electrons. The van der Waals surface area contributed by atoms with Gasteiger partial charge in [-0.15, -0.1) is 0 Å². The number of hydrogen-bond acceptors (Lipinski definition) is 9. The zero-order valence-electron chi connectivity index (χ0n) is 27.8. The van der Waals surface area contributed by atoms with Gasteiger partial charge in [0.2, 0.25) is 33.6 Å². The summed E-state index contributed by atoms with van der Waals surface area (Å²) in [5.41, 5.74) is -1.52. The van der Waals surface area contributed by atoms with E-state index < -0.39 is 74.7 Å². The minimum Gasteiger partial charge on any atom is -0.481 e.